The summed E-state index contributed by atoms with van der Waals surface area (Å²) in [6.45, 7) is 16.4. The first-order chi connectivity index (χ1) is 10.5. The second-order valence-electron chi connectivity index (χ2n) is 5.49. The molecule has 1 rings (SSSR count). The third-order valence-electron chi connectivity index (χ3n) is 3.53. The van der Waals surface area contributed by atoms with Gasteiger partial charge in [0.2, 0.25) is 0 Å². The van der Waals surface area contributed by atoms with Gasteiger partial charge in [-0.05, 0) is 26.0 Å². The molecule has 0 heterocycles. The third-order valence-corrected chi connectivity index (χ3v) is 4.54. The number of carbonyl (C=O) groups is 1. The van der Waals surface area contributed by atoms with Crippen molar-refractivity contribution in [3.63, 3.8) is 0 Å². The van der Waals surface area contributed by atoms with Gasteiger partial charge in [-0.2, -0.15) is 0 Å². The molecule has 0 aliphatic carbocycles. The van der Waals surface area contributed by atoms with Crippen molar-refractivity contribution in [3.05, 3.63) is 67.8 Å². The Kier molecular flexibility index (Phi) is 7.36. The van der Waals surface area contributed by atoms with Gasteiger partial charge in [-0.3, -0.25) is 9.69 Å². The Hall–Kier alpha value is -1.58. The van der Waals surface area contributed by atoms with Crippen molar-refractivity contribution in [2.45, 2.75) is 24.3 Å². The number of hydrogen-bond acceptors (Lipinski definition) is 3. The minimum atomic E-state index is -0.599. The van der Waals surface area contributed by atoms with Gasteiger partial charge in [0, 0.05) is 29.3 Å². The number of ketones is 1. The molecule has 0 N–H and O–H groups in total. The van der Waals surface area contributed by atoms with Crippen molar-refractivity contribution in [2.75, 3.05) is 18.8 Å². The second kappa shape index (κ2) is 8.76. The maximum atomic E-state index is 12.8. The highest BCUT2D eigenvalue weighted by Crippen LogP contribution is 2.23. The van der Waals surface area contributed by atoms with E-state index in [-0.39, 0.29) is 5.78 Å². The highest BCUT2D eigenvalue weighted by atomic mass is 32.2. The van der Waals surface area contributed by atoms with Crippen LogP contribution in [0.1, 0.15) is 24.2 Å². The summed E-state index contributed by atoms with van der Waals surface area (Å²) in [6.07, 6.45) is 5.50. The van der Waals surface area contributed by atoms with Crippen LogP contribution in [0.3, 0.4) is 0 Å². The van der Waals surface area contributed by atoms with E-state index < -0.39 is 5.54 Å². The van der Waals surface area contributed by atoms with Gasteiger partial charge in [0.1, 0.15) is 0 Å². The van der Waals surface area contributed by atoms with E-state index in [2.05, 4.69) is 24.6 Å². The molecule has 22 heavy (non-hydrogen) atoms. The Morgan fingerprint density at radius 2 is 1.64 bits per heavy atom. The molecule has 0 saturated carbocycles. The van der Waals surface area contributed by atoms with Gasteiger partial charge < -0.3 is 0 Å². The maximum Gasteiger partial charge on any atom is 0.182 e. The number of nitrogens with zero attached hydrogens (tertiary/aromatic N) is 1. The first-order valence-electron chi connectivity index (χ1n) is 7.32. The van der Waals surface area contributed by atoms with Crippen molar-refractivity contribution in [1.82, 2.24) is 4.90 Å². The number of benzene rings is 1. The van der Waals surface area contributed by atoms with Crippen LogP contribution in [0, 0.1) is 0 Å². The minimum Gasteiger partial charge on any atom is -0.292 e. The van der Waals surface area contributed by atoms with Crippen molar-refractivity contribution >= 4 is 17.5 Å². The van der Waals surface area contributed by atoms with E-state index in [0.717, 1.165) is 16.2 Å². The number of thioether (sulfide) groups is 1. The van der Waals surface area contributed by atoms with Crippen LogP contribution in [-0.4, -0.2) is 35.1 Å². The summed E-state index contributed by atoms with van der Waals surface area (Å²) in [4.78, 5) is 16.1. The molecule has 0 atom stereocenters. The summed E-state index contributed by atoms with van der Waals surface area (Å²) in [5, 5.41) is 0. The fourth-order valence-corrected chi connectivity index (χ4v) is 2.84. The van der Waals surface area contributed by atoms with Gasteiger partial charge in [0.25, 0.3) is 0 Å². The molecule has 0 aliphatic heterocycles. The largest absolute Gasteiger partial charge is 0.292 e. The summed E-state index contributed by atoms with van der Waals surface area (Å²) in [5.74, 6) is 0.974. The van der Waals surface area contributed by atoms with Crippen molar-refractivity contribution < 1.29 is 4.79 Å². The Bertz CT molecular complexity index is 521. The quantitative estimate of drug-likeness (QED) is 0.357. The molecular formula is C19H25NOS. The standard InChI is InChI=1S/C19H25NOS/c1-6-13-20(14-7-2)19(4,5)18(21)16-9-11-17(12-10-16)22-15-8-3/h6-12H,1-3,13-15H2,4-5H3. The lowest BCUT2D eigenvalue weighted by atomic mass is 9.91. The van der Waals surface area contributed by atoms with Crippen LogP contribution in [0.5, 0.6) is 0 Å². The molecule has 1 aromatic rings. The summed E-state index contributed by atoms with van der Waals surface area (Å²) >= 11 is 1.70. The van der Waals surface area contributed by atoms with E-state index in [1.807, 2.05) is 56.3 Å². The summed E-state index contributed by atoms with van der Waals surface area (Å²) < 4.78 is 0. The highest BCUT2D eigenvalue weighted by molar-refractivity contribution is 7.99. The van der Waals surface area contributed by atoms with Crippen molar-refractivity contribution in [3.8, 4) is 0 Å². The van der Waals surface area contributed by atoms with Crippen molar-refractivity contribution in [2.24, 2.45) is 0 Å². The normalized spacial score (nSPS) is 11.2. The minimum absolute atomic E-state index is 0.108. The van der Waals surface area contributed by atoms with Gasteiger partial charge in [0.05, 0.1) is 5.54 Å². The lowest BCUT2D eigenvalue weighted by Crippen LogP contribution is -2.50. The predicted octanol–water partition coefficient (Wildman–Crippen LogP) is 4.60. The smallest absolute Gasteiger partial charge is 0.182 e. The predicted molar refractivity (Wildman–Crippen MR) is 97.7 cm³/mol. The lowest BCUT2D eigenvalue weighted by Gasteiger charge is -2.36. The van der Waals surface area contributed by atoms with E-state index in [4.69, 9.17) is 0 Å². The van der Waals surface area contributed by atoms with Gasteiger partial charge in [-0.25, -0.2) is 0 Å². The number of carbonyl (C=O) groups excluding carboxylic acids is 1. The summed E-state index contributed by atoms with van der Waals surface area (Å²) in [5.41, 5.74) is 0.129. The Labute approximate surface area is 138 Å². The maximum absolute atomic E-state index is 12.8. The number of Topliss-reactive ketones (excluding diaryl/α,β-unsaturated/α-hetero) is 1. The Morgan fingerprint density at radius 3 is 2.09 bits per heavy atom. The van der Waals surface area contributed by atoms with Crippen LogP contribution in [0.4, 0.5) is 0 Å². The molecule has 0 spiro atoms. The molecule has 1 aromatic carbocycles. The van der Waals surface area contributed by atoms with E-state index in [1.54, 1.807) is 11.8 Å². The molecule has 118 valence electrons. The Morgan fingerprint density at radius 1 is 1.09 bits per heavy atom. The summed E-state index contributed by atoms with van der Waals surface area (Å²) in [6, 6.07) is 7.77. The molecule has 0 radical (unpaired) electrons. The average molecular weight is 315 g/mol. The molecule has 0 amide bonds. The van der Waals surface area contributed by atoms with Crippen LogP contribution in [-0.2, 0) is 0 Å². The van der Waals surface area contributed by atoms with E-state index in [9.17, 15) is 4.79 Å². The van der Waals surface area contributed by atoms with Crippen LogP contribution in [0.15, 0.2) is 67.1 Å². The molecule has 2 nitrogen and oxygen atoms in total. The third kappa shape index (κ3) is 4.72. The fourth-order valence-electron chi connectivity index (χ4n) is 2.20. The summed E-state index contributed by atoms with van der Waals surface area (Å²) in [7, 11) is 0. The number of hydrogen-bond donors (Lipinski definition) is 0. The highest BCUT2D eigenvalue weighted by Gasteiger charge is 2.33. The van der Waals surface area contributed by atoms with Gasteiger partial charge in [-0.1, -0.05) is 30.4 Å². The van der Waals surface area contributed by atoms with Gasteiger partial charge in [0.15, 0.2) is 5.78 Å². The average Bonchev–Trinajstić information content (AvgIpc) is 2.52. The van der Waals surface area contributed by atoms with Gasteiger partial charge in [-0.15, -0.1) is 31.5 Å². The molecule has 3 heteroatoms. The van der Waals surface area contributed by atoms with Gasteiger partial charge >= 0.3 is 0 Å². The lowest BCUT2D eigenvalue weighted by molar-refractivity contribution is 0.0700. The van der Waals surface area contributed by atoms with E-state index in [0.29, 0.717) is 13.1 Å². The first kappa shape index (κ1) is 18.5. The monoisotopic (exact) mass is 315 g/mol. The second-order valence-corrected chi connectivity index (χ2v) is 6.59. The van der Waals surface area contributed by atoms with Crippen molar-refractivity contribution in [1.29, 1.82) is 0 Å². The van der Waals surface area contributed by atoms with Crippen LogP contribution >= 0.6 is 11.8 Å². The zero-order valence-electron chi connectivity index (χ0n) is 13.5. The zero-order chi connectivity index (χ0) is 16.6. The molecule has 0 unspecified atom stereocenters. The Balaban J connectivity index is 2.93. The zero-order valence-corrected chi connectivity index (χ0v) is 14.4. The van der Waals surface area contributed by atoms with Crippen LogP contribution < -0.4 is 0 Å². The molecule has 0 fully saturated rings. The van der Waals surface area contributed by atoms with E-state index >= 15 is 0 Å². The fraction of sp³-hybridized carbons (Fsp3) is 0.316. The topological polar surface area (TPSA) is 20.3 Å². The molecule has 0 saturated heterocycles. The molecule has 0 aromatic heterocycles. The van der Waals surface area contributed by atoms with Crippen LogP contribution in [0.2, 0.25) is 0 Å². The molecule has 0 bridgehead atoms. The SMILES string of the molecule is C=CCSc1ccc(C(=O)C(C)(C)N(CC=C)CC=C)cc1. The molecule has 0 aliphatic rings. The first-order valence-corrected chi connectivity index (χ1v) is 8.31. The van der Waals surface area contributed by atoms with Crippen LogP contribution in [0.25, 0.3) is 0 Å². The number of rotatable bonds is 10. The van der Waals surface area contributed by atoms with E-state index in [1.165, 1.54) is 0 Å². The molecular weight excluding hydrogens is 290 g/mol.